The van der Waals surface area contributed by atoms with Crippen LogP contribution < -0.4 is 5.32 Å². The Kier molecular flexibility index (Phi) is 3.59. The Morgan fingerprint density at radius 3 is 2.88 bits per heavy atom. The van der Waals surface area contributed by atoms with E-state index in [1.807, 2.05) is 18.5 Å². The third-order valence-corrected chi connectivity index (χ3v) is 3.22. The van der Waals surface area contributed by atoms with Gasteiger partial charge in [0.05, 0.1) is 0 Å². The van der Waals surface area contributed by atoms with Crippen LogP contribution in [0.1, 0.15) is 38.7 Å². The minimum absolute atomic E-state index is 0.366. The van der Waals surface area contributed by atoms with E-state index in [0.29, 0.717) is 5.41 Å². The Balaban J connectivity index is 1.76. The summed E-state index contributed by atoms with van der Waals surface area (Å²) in [5.74, 6) is 0. The Morgan fingerprint density at radius 1 is 1.44 bits per heavy atom. The lowest BCUT2D eigenvalue weighted by Gasteiger charge is -2.24. The van der Waals surface area contributed by atoms with Crippen LogP contribution in [0.15, 0.2) is 24.5 Å². The fourth-order valence-corrected chi connectivity index (χ4v) is 2.05. The SMILES string of the molecule is CC(C)(CCNC1CC1)Cc1cccnc1. The molecule has 0 atom stereocenters. The molecule has 1 aromatic rings. The maximum atomic E-state index is 4.17. The van der Waals surface area contributed by atoms with Crippen molar-refractivity contribution in [3.63, 3.8) is 0 Å². The Hall–Kier alpha value is -0.890. The zero-order valence-electron chi connectivity index (χ0n) is 10.4. The highest BCUT2D eigenvalue weighted by atomic mass is 14.9. The van der Waals surface area contributed by atoms with Gasteiger partial charge in [-0.05, 0) is 49.3 Å². The summed E-state index contributed by atoms with van der Waals surface area (Å²) in [6, 6.07) is 5.02. The van der Waals surface area contributed by atoms with Gasteiger partial charge >= 0.3 is 0 Å². The molecule has 1 aromatic heterocycles. The predicted octanol–water partition coefficient (Wildman–Crippen LogP) is 2.79. The van der Waals surface area contributed by atoms with Crippen molar-refractivity contribution in [1.82, 2.24) is 10.3 Å². The molecule has 16 heavy (non-hydrogen) atoms. The fourth-order valence-electron chi connectivity index (χ4n) is 2.05. The Labute approximate surface area is 98.5 Å². The van der Waals surface area contributed by atoms with Gasteiger partial charge in [0.15, 0.2) is 0 Å². The van der Waals surface area contributed by atoms with Crippen LogP contribution in [-0.4, -0.2) is 17.6 Å². The molecule has 1 aliphatic carbocycles. The summed E-state index contributed by atoms with van der Waals surface area (Å²) < 4.78 is 0. The highest BCUT2D eigenvalue weighted by molar-refractivity contribution is 5.10. The summed E-state index contributed by atoms with van der Waals surface area (Å²) in [6.45, 7) is 5.83. The smallest absolute Gasteiger partial charge is 0.0300 e. The van der Waals surface area contributed by atoms with Crippen molar-refractivity contribution in [3.05, 3.63) is 30.1 Å². The first-order chi connectivity index (χ1) is 7.66. The van der Waals surface area contributed by atoms with Crippen LogP contribution in [-0.2, 0) is 6.42 Å². The monoisotopic (exact) mass is 218 g/mol. The number of nitrogens with one attached hydrogen (secondary N) is 1. The Bertz CT molecular complexity index is 315. The summed E-state index contributed by atoms with van der Waals surface area (Å²) >= 11 is 0. The van der Waals surface area contributed by atoms with E-state index in [0.717, 1.165) is 19.0 Å². The zero-order valence-corrected chi connectivity index (χ0v) is 10.4. The summed E-state index contributed by atoms with van der Waals surface area (Å²) in [4.78, 5) is 4.17. The lowest BCUT2D eigenvalue weighted by atomic mass is 9.83. The van der Waals surface area contributed by atoms with Gasteiger partial charge in [-0.25, -0.2) is 0 Å². The Morgan fingerprint density at radius 2 is 2.25 bits per heavy atom. The molecule has 0 spiro atoms. The second kappa shape index (κ2) is 4.96. The summed E-state index contributed by atoms with van der Waals surface area (Å²) in [6.07, 6.45) is 8.93. The van der Waals surface area contributed by atoms with Gasteiger partial charge in [0.25, 0.3) is 0 Å². The van der Waals surface area contributed by atoms with Crippen LogP contribution in [0.3, 0.4) is 0 Å². The molecule has 2 rings (SSSR count). The summed E-state index contributed by atoms with van der Waals surface area (Å²) in [7, 11) is 0. The number of nitrogens with zero attached hydrogens (tertiary/aromatic N) is 1. The van der Waals surface area contributed by atoms with Gasteiger partial charge in [0.2, 0.25) is 0 Å². The van der Waals surface area contributed by atoms with Crippen molar-refractivity contribution in [2.45, 2.75) is 45.6 Å². The molecule has 2 heteroatoms. The molecule has 1 heterocycles. The molecule has 0 radical (unpaired) electrons. The van der Waals surface area contributed by atoms with Crippen molar-refractivity contribution in [2.75, 3.05) is 6.54 Å². The van der Waals surface area contributed by atoms with Crippen LogP contribution in [0, 0.1) is 5.41 Å². The molecular weight excluding hydrogens is 196 g/mol. The summed E-state index contributed by atoms with van der Waals surface area (Å²) in [5, 5.41) is 3.58. The molecular formula is C14H22N2. The minimum Gasteiger partial charge on any atom is -0.314 e. The third kappa shape index (κ3) is 3.93. The van der Waals surface area contributed by atoms with Gasteiger partial charge < -0.3 is 5.32 Å². The first-order valence-electron chi connectivity index (χ1n) is 6.28. The number of pyridine rings is 1. The van der Waals surface area contributed by atoms with Crippen molar-refractivity contribution < 1.29 is 0 Å². The summed E-state index contributed by atoms with van der Waals surface area (Å²) in [5.41, 5.74) is 1.71. The molecule has 0 amide bonds. The molecule has 1 N–H and O–H groups in total. The molecule has 0 saturated heterocycles. The zero-order chi connectivity index (χ0) is 11.4. The first-order valence-corrected chi connectivity index (χ1v) is 6.28. The van der Waals surface area contributed by atoms with Crippen LogP contribution in [0.25, 0.3) is 0 Å². The number of rotatable bonds is 6. The number of aromatic nitrogens is 1. The quantitative estimate of drug-likeness (QED) is 0.794. The molecule has 0 bridgehead atoms. The molecule has 0 aromatic carbocycles. The number of hydrogen-bond acceptors (Lipinski definition) is 2. The van der Waals surface area contributed by atoms with Gasteiger partial charge in [-0.2, -0.15) is 0 Å². The second-order valence-electron chi connectivity index (χ2n) is 5.68. The van der Waals surface area contributed by atoms with Gasteiger partial charge in [-0.15, -0.1) is 0 Å². The van der Waals surface area contributed by atoms with E-state index >= 15 is 0 Å². The highest BCUT2D eigenvalue weighted by Gasteiger charge is 2.23. The van der Waals surface area contributed by atoms with Crippen LogP contribution in [0.2, 0.25) is 0 Å². The molecule has 0 unspecified atom stereocenters. The van der Waals surface area contributed by atoms with E-state index in [2.05, 4.69) is 30.2 Å². The van der Waals surface area contributed by atoms with Crippen LogP contribution >= 0.6 is 0 Å². The van der Waals surface area contributed by atoms with Crippen molar-refractivity contribution >= 4 is 0 Å². The maximum absolute atomic E-state index is 4.17. The highest BCUT2D eigenvalue weighted by Crippen LogP contribution is 2.26. The maximum Gasteiger partial charge on any atom is 0.0300 e. The van der Waals surface area contributed by atoms with Gasteiger partial charge in [-0.1, -0.05) is 19.9 Å². The van der Waals surface area contributed by atoms with E-state index < -0.39 is 0 Å². The molecule has 1 aliphatic rings. The van der Waals surface area contributed by atoms with Crippen LogP contribution in [0.4, 0.5) is 0 Å². The van der Waals surface area contributed by atoms with Crippen molar-refractivity contribution in [2.24, 2.45) is 5.41 Å². The second-order valence-corrected chi connectivity index (χ2v) is 5.68. The lowest BCUT2D eigenvalue weighted by Crippen LogP contribution is -2.25. The molecule has 0 aliphatic heterocycles. The molecule has 1 saturated carbocycles. The van der Waals surface area contributed by atoms with Gasteiger partial charge in [0.1, 0.15) is 0 Å². The predicted molar refractivity (Wildman–Crippen MR) is 67.4 cm³/mol. The fraction of sp³-hybridized carbons (Fsp3) is 0.643. The largest absolute Gasteiger partial charge is 0.314 e. The van der Waals surface area contributed by atoms with E-state index in [1.165, 1.54) is 24.8 Å². The third-order valence-electron chi connectivity index (χ3n) is 3.22. The lowest BCUT2D eigenvalue weighted by molar-refractivity contribution is 0.324. The normalized spacial score (nSPS) is 16.4. The van der Waals surface area contributed by atoms with E-state index in [4.69, 9.17) is 0 Å². The minimum atomic E-state index is 0.366. The molecule has 88 valence electrons. The van der Waals surface area contributed by atoms with Crippen molar-refractivity contribution in [1.29, 1.82) is 0 Å². The van der Waals surface area contributed by atoms with Crippen molar-refractivity contribution in [3.8, 4) is 0 Å². The van der Waals surface area contributed by atoms with Gasteiger partial charge in [-0.3, -0.25) is 4.98 Å². The van der Waals surface area contributed by atoms with E-state index in [-0.39, 0.29) is 0 Å². The average molecular weight is 218 g/mol. The average Bonchev–Trinajstić information content (AvgIpc) is 3.02. The molecule has 2 nitrogen and oxygen atoms in total. The number of hydrogen-bond donors (Lipinski definition) is 1. The van der Waals surface area contributed by atoms with Crippen LogP contribution in [0.5, 0.6) is 0 Å². The first kappa shape index (κ1) is 11.6. The topological polar surface area (TPSA) is 24.9 Å². The standard InChI is InChI=1S/C14H22N2/c1-14(2,7-9-16-13-5-6-13)10-12-4-3-8-15-11-12/h3-4,8,11,13,16H,5-7,9-10H2,1-2H3. The van der Waals surface area contributed by atoms with E-state index in [9.17, 15) is 0 Å². The van der Waals surface area contributed by atoms with Gasteiger partial charge in [0, 0.05) is 18.4 Å². The van der Waals surface area contributed by atoms with E-state index in [1.54, 1.807) is 0 Å². The molecule has 1 fully saturated rings.